The monoisotopic (exact) mass is 341 g/mol. The van der Waals surface area contributed by atoms with E-state index >= 15 is 0 Å². The number of halogens is 1. The van der Waals surface area contributed by atoms with Crippen molar-refractivity contribution in [3.8, 4) is 11.1 Å². The lowest BCUT2D eigenvalue weighted by atomic mass is 9.90. The second-order valence-corrected chi connectivity index (χ2v) is 7.36. The maximum absolute atomic E-state index is 13.0. The van der Waals surface area contributed by atoms with Gasteiger partial charge in [0.15, 0.2) is 0 Å². The van der Waals surface area contributed by atoms with Crippen molar-refractivity contribution >= 4 is 0 Å². The molecule has 3 heteroatoms. The van der Waals surface area contributed by atoms with Crippen LogP contribution in [0.5, 0.6) is 0 Å². The van der Waals surface area contributed by atoms with Crippen molar-refractivity contribution in [1.82, 2.24) is 4.90 Å². The summed E-state index contributed by atoms with van der Waals surface area (Å²) in [5, 5.41) is 10.9. The van der Waals surface area contributed by atoms with Gasteiger partial charge in [0.25, 0.3) is 0 Å². The van der Waals surface area contributed by atoms with E-state index < -0.39 is 5.60 Å². The van der Waals surface area contributed by atoms with E-state index in [-0.39, 0.29) is 5.82 Å². The third kappa shape index (κ3) is 4.90. The summed E-state index contributed by atoms with van der Waals surface area (Å²) in [5.41, 5.74) is 2.13. The fourth-order valence-corrected chi connectivity index (χ4v) is 3.54. The molecule has 2 aromatic carbocycles. The van der Waals surface area contributed by atoms with E-state index in [0.29, 0.717) is 0 Å². The van der Waals surface area contributed by atoms with Crippen molar-refractivity contribution in [1.29, 1.82) is 0 Å². The van der Waals surface area contributed by atoms with Crippen LogP contribution in [0.3, 0.4) is 0 Å². The molecule has 1 fully saturated rings. The highest BCUT2D eigenvalue weighted by molar-refractivity contribution is 5.63. The van der Waals surface area contributed by atoms with Gasteiger partial charge in [-0.15, -0.1) is 0 Å². The van der Waals surface area contributed by atoms with Gasteiger partial charge in [-0.25, -0.2) is 4.39 Å². The molecule has 1 atom stereocenters. The maximum atomic E-state index is 13.0. The minimum Gasteiger partial charge on any atom is -0.385 e. The fourth-order valence-electron chi connectivity index (χ4n) is 3.54. The van der Waals surface area contributed by atoms with E-state index in [9.17, 15) is 9.50 Å². The van der Waals surface area contributed by atoms with Crippen LogP contribution >= 0.6 is 0 Å². The second-order valence-electron chi connectivity index (χ2n) is 7.36. The molecule has 0 amide bonds. The molecule has 2 aromatic rings. The third-order valence-corrected chi connectivity index (χ3v) is 5.30. The summed E-state index contributed by atoms with van der Waals surface area (Å²) in [4.78, 5) is 2.48. The van der Waals surface area contributed by atoms with Crippen LogP contribution in [0.4, 0.5) is 4.39 Å². The topological polar surface area (TPSA) is 23.5 Å². The quantitative estimate of drug-likeness (QED) is 0.830. The molecule has 0 radical (unpaired) electrons. The second kappa shape index (κ2) is 8.11. The molecule has 1 heterocycles. The van der Waals surface area contributed by atoms with E-state index in [1.165, 1.54) is 37.8 Å². The lowest BCUT2D eigenvalue weighted by molar-refractivity contribution is 0.0362. The zero-order chi connectivity index (χ0) is 17.7. The van der Waals surface area contributed by atoms with Gasteiger partial charge in [0.05, 0.1) is 5.60 Å². The standard InChI is InChI=1S/C22H28FNO/c1-22(25,14-17-24-15-4-2-3-5-16-24)20-10-6-18(7-11-20)19-8-12-21(23)13-9-19/h6-13,25H,2-5,14-17H2,1H3. The highest BCUT2D eigenvalue weighted by Gasteiger charge is 2.24. The molecule has 25 heavy (non-hydrogen) atoms. The molecule has 134 valence electrons. The molecule has 1 aliphatic heterocycles. The predicted octanol–water partition coefficient (Wildman–Crippen LogP) is 4.97. The summed E-state index contributed by atoms with van der Waals surface area (Å²) < 4.78 is 13.0. The SMILES string of the molecule is CC(O)(CCN1CCCCCC1)c1ccc(-c2ccc(F)cc2)cc1. The Hall–Kier alpha value is -1.71. The van der Waals surface area contributed by atoms with Gasteiger partial charge in [0.2, 0.25) is 0 Å². The molecule has 0 saturated carbocycles. The zero-order valence-corrected chi connectivity index (χ0v) is 15.0. The Morgan fingerprint density at radius 1 is 0.880 bits per heavy atom. The van der Waals surface area contributed by atoms with Crippen molar-refractivity contribution in [3.63, 3.8) is 0 Å². The summed E-state index contributed by atoms with van der Waals surface area (Å²) in [6.07, 6.45) is 5.95. The molecular formula is C22H28FNO. The van der Waals surface area contributed by atoms with Crippen LogP contribution in [-0.4, -0.2) is 29.6 Å². The molecular weight excluding hydrogens is 313 g/mol. The predicted molar refractivity (Wildman–Crippen MR) is 101 cm³/mol. The number of hydrogen-bond acceptors (Lipinski definition) is 2. The Morgan fingerprint density at radius 2 is 1.40 bits per heavy atom. The summed E-state index contributed by atoms with van der Waals surface area (Å²) in [6.45, 7) is 5.14. The Morgan fingerprint density at radius 3 is 1.96 bits per heavy atom. The van der Waals surface area contributed by atoms with Gasteiger partial charge in [-0.2, -0.15) is 0 Å². The van der Waals surface area contributed by atoms with E-state index in [1.54, 1.807) is 12.1 Å². The van der Waals surface area contributed by atoms with Crippen LogP contribution in [0.25, 0.3) is 11.1 Å². The lowest BCUT2D eigenvalue weighted by Crippen LogP contribution is -2.32. The van der Waals surface area contributed by atoms with Crippen molar-refractivity contribution in [2.24, 2.45) is 0 Å². The van der Waals surface area contributed by atoms with Gasteiger partial charge in [-0.05, 0) is 68.1 Å². The molecule has 1 N–H and O–H groups in total. The number of rotatable bonds is 5. The Labute approximate surface area is 150 Å². The van der Waals surface area contributed by atoms with Crippen molar-refractivity contribution in [2.75, 3.05) is 19.6 Å². The van der Waals surface area contributed by atoms with E-state index in [1.807, 2.05) is 31.2 Å². The lowest BCUT2D eigenvalue weighted by Gasteiger charge is -2.28. The smallest absolute Gasteiger partial charge is 0.123 e. The first-order valence-electron chi connectivity index (χ1n) is 9.36. The normalized spacial score (nSPS) is 18.5. The third-order valence-electron chi connectivity index (χ3n) is 5.30. The van der Waals surface area contributed by atoms with E-state index in [0.717, 1.165) is 42.7 Å². The Bertz CT molecular complexity index is 655. The number of likely N-dealkylation sites (tertiary alicyclic amines) is 1. The van der Waals surface area contributed by atoms with Crippen LogP contribution in [0.1, 0.15) is 44.6 Å². The molecule has 3 rings (SSSR count). The zero-order valence-electron chi connectivity index (χ0n) is 15.0. The molecule has 1 aliphatic rings. The van der Waals surface area contributed by atoms with Gasteiger partial charge in [0.1, 0.15) is 5.82 Å². The van der Waals surface area contributed by atoms with Crippen LogP contribution in [-0.2, 0) is 5.60 Å². The summed E-state index contributed by atoms with van der Waals surface area (Å²) in [6, 6.07) is 14.5. The molecule has 0 spiro atoms. The van der Waals surface area contributed by atoms with Crippen LogP contribution < -0.4 is 0 Å². The summed E-state index contributed by atoms with van der Waals surface area (Å²) >= 11 is 0. The first-order valence-corrected chi connectivity index (χ1v) is 9.36. The van der Waals surface area contributed by atoms with Gasteiger partial charge < -0.3 is 10.0 Å². The minimum absolute atomic E-state index is 0.225. The number of hydrogen-bond donors (Lipinski definition) is 1. The van der Waals surface area contributed by atoms with Crippen LogP contribution in [0, 0.1) is 5.82 Å². The molecule has 0 aromatic heterocycles. The molecule has 2 nitrogen and oxygen atoms in total. The fraction of sp³-hybridized carbons (Fsp3) is 0.455. The summed E-state index contributed by atoms with van der Waals surface area (Å²) in [5.74, 6) is -0.225. The average Bonchev–Trinajstić information content (AvgIpc) is 2.90. The first-order chi connectivity index (χ1) is 12.0. The maximum Gasteiger partial charge on any atom is 0.123 e. The highest BCUT2D eigenvalue weighted by Crippen LogP contribution is 2.28. The number of nitrogens with zero attached hydrogens (tertiary/aromatic N) is 1. The van der Waals surface area contributed by atoms with E-state index in [2.05, 4.69) is 4.90 Å². The first kappa shape index (κ1) is 18.1. The number of aliphatic hydroxyl groups is 1. The summed E-state index contributed by atoms with van der Waals surface area (Å²) in [7, 11) is 0. The van der Waals surface area contributed by atoms with Crippen LogP contribution in [0.2, 0.25) is 0 Å². The molecule has 1 unspecified atom stereocenters. The van der Waals surface area contributed by atoms with Gasteiger partial charge in [-0.1, -0.05) is 49.2 Å². The highest BCUT2D eigenvalue weighted by atomic mass is 19.1. The Balaban J connectivity index is 1.64. The van der Waals surface area contributed by atoms with Crippen LogP contribution in [0.15, 0.2) is 48.5 Å². The van der Waals surface area contributed by atoms with Crippen molar-refractivity contribution in [3.05, 3.63) is 59.9 Å². The largest absolute Gasteiger partial charge is 0.385 e. The minimum atomic E-state index is -0.826. The Kier molecular flexibility index (Phi) is 5.87. The van der Waals surface area contributed by atoms with Gasteiger partial charge >= 0.3 is 0 Å². The molecule has 0 aliphatic carbocycles. The van der Waals surface area contributed by atoms with Crippen molar-refractivity contribution < 1.29 is 9.50 Å². The average molecular weight is 341 g/mol. The van der Waals surface area contributed by atoms with Gasteiger partial charge in [0, 0.05) is 6.54 Å². The van der Waals surface area contributed by atoms with E-state index in [4.69, 9.17) is 0 Å². The van der Waals surface area contributed by atoms with Crippen molar-refractivity contribution in [2.45, 2.75) is 44.6 Å². The molecule has 1 saturated heterocycles. The molecule has 0 bridgehead atoms. The van der Waals surface area contributed by atoms with Gasteiger partial charge in [-0.3, -0.25) is 0 Å². The number of benzene rings is 2.